The Morgan fingerprint density at radius 3 is 2.93 bits per heavy atom. The number of pyridine rings is 1. The summed E-state index contributed by atoms with van der Waals surface area (Å²) >= 11 is 0. The minimum Gasteiger partial charge on any atom is -0.377 e. The Labute approximate surface area is 172 Å². The van der Waals surface area contributed by atoms with Gasteiger partial charge in [-0.3, -0.25) is 4.99 Å². The summed E-state index contributed by atoms with van der Waals surface area (Å²) in [5, 5.41) is 13.6. The highest BCUT2D eigenvalue weighted by atomic mass is 19.4. The molecule has 0 fully saturated rings. The maximum absolute atomic E-state index is 13.0. The molecule has 1 atom stereocenters. The predicted octanol–water partition coefficient (Wildman–Crippen LogP) is 1.43. The lowest BCUT2D eigenvalue weighted by Crippen LogP contribution is -2.48. The average molecular weight is 426 g/mol. The number of methoxy groups -OCH3 is 1. The van der Waals surface area contributed by atoms with Crippen molar-refractivity contribution in [1.82, 2.24) is 30.4 Å². The van der Waals surface area contributed by atoms with Gasteiger partial charge < -0.3 is 20.7 Å². The number of anilines is 1. The SMILES string of the molecule is CN=C(NCCNc1ncccc1C(F)(F)F)NC1CCc2nc(COC)nn2C1. The summed E-state index contributed by atoms with van der Waals surface area (Å²) in [7, 11) is 3.25. The van der Waals surface area contributed by atoms with E-state index < -0.39 is 11.7 Å². The van der Waals surface area contributed by atoms with Gasteiger partial charge in [0.1, 0.15) is 18.2 Å². The van der Waals surface area contributed by atoms with Crippen molar-refractivity contribution in [2.75, 3.05) is 32.6 Å². The van der Waals surface area contributed by atoms with Gasteiger partial charge in [0.05, 0.1) is 12.1 Å². The van der Waals surface area contributed by atoms with Crippen LogP contribution in [-0.4, -0.2) is 59.0 Å². The van der Waals surface area contributed by atoms with Gasteiger partial charge >= 0.3 is 6.18 Å². The molecule has 9 nitrogen and oxygen atoms in total. The van der Waals surface area contributed by atoms with Gasteiger partial charge in [0.25, 0.3) is 0 Å². The number of ether oxygens (including phenoxy) is 1. The van der Waals surface area contributed by atoms with Gasteiger partial charge in [0, 0.05) is 45.9 Å². The van der Waals surface area contributed by atoms with Crippen molar-refractivity contribution < 1.29 is 17.9 Å². The number of nitrogens with one attached hydrogen (secondary N) is 3. The first-order valence-corrected chi connectivity index (χ1v) is 9.55. The lowest BCUT2D eigenvalue weighted by molar-refractivity contribution is -0.137. The zero-order chi connectivity index (χ0) is 21.6. The highest BCUT2D eigenvalue weighted by Gasteiger charge is 2.33. The number of aliphatic imine (C=N–C) groups is 1. The molecule has 1 unspecified atom stereocenters. The summed E-state index contributed by atoms with van der Waals surface area (Å²) in [6.07, 6.45) is -1.48. The van der Waals surface area contributed by atoms with Crippen molar-refractivity contribution in [3.63, 3.8) is 0 Å². The minimum atomic E-state index is -4.45. The molecule has 0 radical (unpaired) electrons. The Balaban J connectivity index is 1.47. The number of rotatable bonds is 7. The van der Waals surface area contributed by atoms with E-state index in [0.717, 1.165) is 24.7 Å². The number of aryl methyl sites for hydroxylation is 1. The topological polar surface area (TPSA) is 101 Å². The third-order valence-corrected chi connectivity index (χ3v) is 4.56. The van der Waals surface area contributed by atoms with Crippen molar-refractivity contribution in [3.8, 4) is 0 Å². The molecule has 3 heterocycles. The maximum Gasteiger partial charge on any atom is 0.419 e. The van der Waals surface area contributed by atoms with Crippen LogP contribution in [-0.2, 0) is 30.5 Å². The number of hydrogen-bond acceptors (Lipinski definition) is 6. The van der Waals surface area contributed by atoms with Crippen molar-refractivity contribution in [2.45, 2.75) is 38.2 Å². The Bertz CT molecular complexity index is 867. The molecule has 0 saturated carbocycles. The van der Waals surface area contributed by atoms with Gasteiger partial charge in [-0.2, -0.15) is 18.3 Å². The van der Waals surface area contributed by atoms with Crippen molar-refractivity contribution >= 4 is 11.8 Å². The van der Waals surface area contributed by atoms with Crippen LogP contribution in [0, 0.1) is 0 Å². The minimum absolute atomic E-state index is 0.112. The van der Waals surface area contributed by atoms with Crippen LogP contribution in [0.15, 0.2) is 23.3 Å². The molecule has 0 saturated heterocycles. The molecule has 12 heteroatoms. The van der Waals surface area contributed by atoms with E-state index in [-0.39, 0.29) is 18.4 Å². The summed E-state index contributed by atoms with van der Waals surface area (Å²) in [5.41, 5.74) is -0.786. The molecule has 0 aromatic carbocycles. The fourth-order valence-electron chi connectivity index (χ4n) is 3.19. The highest BCUT2D eigenvalue weighted by Crippen LogP contribution is 2.33. The molecule has 2 aromatic heterocycles. The molecule has 0 amide bonds. The molecular formula is C18H25F3N8O. The van der Waals surface area contributed by atoms with Gasteiger partial charge in [-0.05, 0) is 18.6 Å². The molecule has 3 rings (SSSR count). The zero-order valence-corrected chi connectivity index (χ0v) is 16.8. The summed E-state index contributed by atoms with van der Waals surface area (Å²) < 4.78 is 46.0. The third kappa shape index (κ3) is 5.59. The van der Waals surface area contributed by atoms with Crippen LogP contribution in [0.1, 0.15) is 23.6 Å². The van der Waals surface area contributed by atoms with Crippen molar-refractivity contribution in [2.24, 2.45) is 4.99 Å². The predicted molar refractivity (Wildman–Crippen MR) is 105 cm³/mol. The fourth-order valence-corrected chi connectivity index (χ4v) is 3.19. The van der Waals surface area contributed by atoms with Crippen LogP contribution >= 0.6 is 0 Å². The largest absolute Gasteiger partial charge is 0.419 e. The summed E-state index contributed by atoms with van der Waals surface area (Å²) in [5.74, 6) is 1.98. The molecule has 3 N–H and O–H groups in total. The zero-order valence-electron chi connectivity index (χ0n) is 16.8. The summed E-state index contributed by atoms with van der Waals surface area (Å²) in [6, 6.07) is 2.38. The molecule has 1 aliphatic heterocycles. The Morgan fingerprint density at radius 2 is 2.20 bits per heavy atom. The average Bonchev–Trinajstić information content (AvgIpc) is 3.11. The van der Waals surface area contributed by atoms with E-state index in [4.69, 9.17) is 4.74 Å². The third-order valence-electron chi connectivity index (χ3n) is 4.56. The molecule has 164 valence electrons. The van der Waals surface area contributed by atoms with Gasteiger partial charge in [0.2, 0.25) is 0 Å². The van der Waals surface area contributed by atoms with E-state index in [1.807, 2.05) is 4.68 Å². The first-order valence-electron chi connectivity index (χ1n) is 9.55. The molecular weight excluding hydrogens is 401 g/mol. The van der Waals surface area contributed by atoms with Crippen molar-refractivity contribution in [1.29, 1.82) is 0 Å². The molecule has 0 bridgehead atoms. The second-order valence-electron chi connectivity index (χ2n) is 6.76. The Kier molecular flexibility index (Phi) is 7.08. The number of aromatic nitrogens is 4. The molecule has 30 heavy (non-hydrogen) atoms. The molecule has 1 aliphatic rings. The first kappa shape index (κ1) is 21.8. The van der Waals surface area contributed by atoms with Crippen LogP contribution < -0.4 is 16.0 Å². The van der Waals surface area contributed by atoms with Crippen LogP contribution in [0.2, 0.25) is 0 Å². The quantitative estimate of drug-likeness (QED) is 0.350. The smallest absolute Gasteiger partial charge is 0.377 e. The first-order chi connectivity index (χ1) is 14.4. The van der Waals surface area contributed by atoms with E-state index in [9.17, 15) is 13.2 Å². The molecule has 2 aromatic rings. The normalized spacial score (nSPS) is 16.8. The molecule has 0 spiro atoms. The van der Waals surface area contributed by atoms with Gasteiger partial charge in [-0.25, -0.2) is 14.6 Å². The maximum atomic E-state index is 13.0. The number of fused-ring (bicyclic) bond motifs is 1. The Morgan fingerprint density at radius 1 is 1.37 bits per heavy atom. The molecule has 0 aliphatic carbocycles. The number of alkyl halides is 3. The monoisotopic (exact) mass is 426 g/mol. The van der Waals surface area contributed by atoms with Crippen LogP contribution in [0.4, 0.5) is 19.0 Å². The van der Waals surface area contributed by atoms with Crippen LogP contribution in [0.5, 0.6) is 0 Å². The van der Waals surface area contributed by atoms with E-state index in [2.05, 4.69) is 36.0 Å². The number of halogens is 3. The number of nitrogens with zero attached hydrogens (tertiary/aromatic N) is 5. The van der Waals surface area contributed by atoms with E-state index in [1.54, 1.807) is 14.2 Å². The van der Waals surface area contributed by atoms with E-state index in [0.29, 0.717) is 31.5 Å². The second-order valence-corrected chi connectivity index (χ2v) is 6.76. The summed E-state index contributed by atoms with van der Waals surface area (Å²) in [6.45, 7) is 1.64. The number of guanidine groups is 1. The van der Waals surface area contributed by atoms with E-state index in [1.165, 1.54) is 12.3 Å². The Hall–Kier alpha value is -2.89. The van der Waals surface area contributed by atoms with Crippen molar-refractivity contribution in [3.05, 3.63) is 35.5 Å². The van der Waals surface area contributed by atoms with Crippen LogP contribution in [0.3, 0.4) is 0 Å². The van der Waals surface area contributed by atoms with Gasteiger partial charge in [-0.15, -0.1) is 0 Å². The number of hydrogen-bond donors (Lipinski definition) is 3. The second kappa shape index (κ2) is 9.74. The lowest BCUT2D eigenvalue weighted by Gasteiger charge is -2.25. The van der Waals surface area contributed by atoms with Gasteiger partial charge in [0.15, 0.2) is 11.8 Å². The highest BCUT2D eigenvalue weighted by molar-refractivity contribution is 5.80. The lowest BCUT2D eigenvalue weighted by atomic mass is 10.1. The van der Waals surface area contributed by atoms with Gasteiger partial charge in [-0.1, -0.05) is 0 Å². The van der Waals surface area contributed by atoms with Crippen LogP contribution in [0.25, 0.3) is 0 Å². The van der Waals surface area contributed by atoms with E-state index >= 15 is 0 Å². The summed E-state index contributed by atoms with van der Waals surface area (Å²) in [4.78, 5) is 12.4. The fraction of sp³-hybridized carbons (Fsp3) is 0.556. The standard InChI is InChI=1S/C18H25F3N8O/c1-22-17(25-9-8-24-16-13(18(19,20)21)4-3-7-23-16)26-12-5-6-15-27-14(11-30-2)28-29(15)10-12/h3-4,7,12H,5-6,8-11H2,1-2H3,(H,23,24)(H2,22,25,26).